The van der Waals surface area contributed by atoms with Crippen molar-refractivity contribution in [2.24, 2.45) is 0 Å². The molecule has 1 aromatic carbocycles. The molecular formula is C17H22O6. The van der Waals surface area contributed by atoms with Gasteiger partial charge in [0.1, 0.15) is 12.8 Å². The van der Waals surface area contributed by atoms with Crippen molar-refractivity contribution in [3.8, 4) is 0 Å². The molecular weight excluding hydrogens is 300 g/mol. The van der Waals surface area contributed by atoms with E-state index in [0.717, 1.165) is 11.1 Å². The van der Waals surface area contributed by atoms with Gasteiger partial charge in [0, 0.05) is 0 Å². The van der Waals surface area contributed by atoms with E-state index in [2.05, 4.69) is 0 Å². The summed E-state index contributed by atoms with van der Waals surface area (Å²) in [4.78, 5) is 23.8. The van der Waals surface area contributed by atoms with Crippen molar-refractivity contribution in [3.63, 3.8) is 0 Å². The second-order valence-corrected chi connectivity index (χ2v) is 5.22. The molecule has 6 heteroatoms. The third-order valence-corrected chi connectivity index (χ3v) is 3.54. The molecule has 1 heterocycles. The van der Waals surface area contributed by atoms with Crippen LogP contribution in [0.2, 0.25) is 0 Å². The average molecular weight is 322 g/mol. The lowest BCUT2D eigenvalue weighted by Gasteiger charge is -2.30. The Kier molecular flexibility index (Phi) is 6.12. The van der Waals surface area contributed by atoms with Gasteiger partial charge in [-0.25, -0.2) is 0 Å². The van der Waals surface area contributed by atoms with E-state index in [0.29, 0.717) is 0 Å². The molecule has 1 aromatic rings. The molecule has 6 nitrogen and oxygen atoms in total. The highest BCUT2D eigenvalue weighted by Crippen LogP contribution is 2.31. The molecule has 0 N–H and O–H groups in total. The molecule has 0 bridgehead atoms. The zero-order valence-electron chi connectivity index (χ0n) is 13.5. The number of esters is 2. The largest absolute Gasteiger partial charge is 0.466 e. The predicted octanol–water partition coefficient (Wildman–Crippen LogP) is 2.34. The van der Waals surface area contributed by atoms with E-state index in [1.165, 1.54) is 0 Å². The van der Waals surface area contributed by atoms with Crippen molar-refractivity contribution >= 4 is 11.9 Å². The molecule has 1 aliphatic heterocycles. The van der Waals surface area contributed by atoms with Crippen molar-refractivity contribution in [2.75, 3.05) is 13.2 Å². The van der Waals surface area contributed by atoms with Crippen LogP contribution in [0, 0.1) is 0 Å². The maximum absolute atomic E-state index is 11.9. The molecule has 126 valence electrons. The van der Waals surface area contributed by atoms with Crippen molar-refractivity contribution in [1.29, 1.82) is 0 Å². The summed E-state index contributed by atoms with van der Waals surface area (Å²) >= 11 is 0. The van der Waals surface area contributed by atoms with Gasteiger partial charge in [0.15, 0.2) is 5.79 Å². The Morgan fingerprint density at radius 2 is 1.39 bits per heavy atom. The lowest BCUT2D eigenvalue weighted by molar-refractivity contribution is -0.253. The number of carbonyl (C=O) groups is 2. The molecule has 2 rings (SSSR count). The van der Waals surface area contributed by atoms with Gasteiger partial charge in [0.05, 0.1) is 26.4 Å². The number of ether oxygens (including phenoxy) is 4. The number of fused-ring (bicyclic) bond motifs is 1. The van der Waals surface area contributed by atoms with Crippen LogP contribution in [0.3, 0.4) is 0 Å². The maximum Gasteiger partial charge on any atom is 0.311 e. The Balaban J connectivity index is 2.17. The second kappa shape index (κ2) is 8.08. The smallest absolute Gasteiger partial charge is 0.311 e. The average Bonchev–Trinajstić information content (AvgIpc) is 2.68. The highest BCUT2D eigenvalue weighted by Gasteiger charge is 2.40. The summed E-state index contributed by atoms with van der Waals surface area (Å²) in [5, 5.41) is 0. The highest BCUT2D eigenvalue weighted by atomic mass is 16.7. The molecule has 0 unspecified atom stereocenters. The molecule has 0 aliphatic carbocycles. The fourth-order valence-electron chi connectivity index (χ4n) is 2.43. The first-order valence-electron chi connectivity index (χ1n) is 7.74. The molecule has 0 amide bonds. The van der Waals surface area contributed by atoms with Crippen LogP contribution in [0.5, 0.6) is 0 Å². The van der Waals surface area contributed by atoms with E-state index >= 15 is 0 Å². The molecule has 1 aliphatic rings. The third kappa shape index (κ3) is 4.77. The van der Waals surface area contributed by atoms with Gasteiger partial charge in [-0.2, -0.15) is 0 Å². The minimum Gasteiger partial charge on any atom is -0.466 e. The molecule has 0 aromatic heterocycles. The van der Waals surface area contributed by atoms with Crippen molar-refractivity contribution in [2.45, 2.75) is 45.7 Å². The van der Waals surface area contributed by atoms with Crippen LogP contribution in [0.4, 0.5) is 0 Å². The first kappa shape index (κ1) is 17.4. The zero-order valence-corrected chi connectivity index (χ0v) is 13.5. The van der Waals surface area contributed by atoms with Crippen LogP contribution in [0.25, 0.3) is 0 Å². The molecule has 0 spiro atoms. The van der Waals surface area contributed by atoms with Crippen molar-refractivity contribution < 1.29 is 28.5 Å². The van der Waals surface area contributed by atoms with Gasteiger partial charge in [-0.15, -0.1) is 0 Å². The Morgan fingerprint density at radius 1 is 0.957 bits per heavy atom. The fourth-order valence-corrected chi connectivity index (χ4v) is 2.43. The van der Waals surface area contributed by atoms with Gasteiger partial charge in [-0.3, -0.25) is 9.59 Å². The third-order valence-electron chi connectivity index (χ3n) is 3.54. The number of hydrogen-bond donors (Lipinski definition) is 0. The van der Waals surface area contributed by atoms with Crippen LogP contribution in [-0.4, -0.2) is 30.9 Å². The van der Waals surface area contributed by atoms with Gasteiger partial charge in [0.2, 0.25) is 0 Å². The Morgan fingerprint density at radius 3 is 1.78 bits per heavy atom. The van der Waals surface area contributed by atoms with Gasteiger partial charge in [0.25, 0.3) is 0 Å². The van der Waals surface area contributed by atoms with Crippen molar-refractivity contribution in [3.05, 3.63) is 35.4 Å². The Hall–Kier alpha value is -1.92. The van der Waals surface area contributed by atoms with E-state index in [-0.39, 0.29) is 39.3 Å². The molecule has 0 atom stereocenters. The monoisotopic (exact) mass is 322 g/mol. The van der Waals surface area contributed by atoms with E-state index in [1.54, 1.807) is 13.8 Å². The van der Waals surface area contributed by atoms with Crippen LogP contribution in [-0.2, 0) is 41.8 Å². The second-order valence-electron chi connectivity index (χ2n) is 5.22. The molecule has 23 heavy (non-hydrogen) atoms. The first-order chi connectivity index (χ1) is 11.1. The SMILES string of the molecule is CCOC(=O)CC1(CC(=O)OCC)OCc2ccccc2CO1. The summed E-state index contributed by atoms with van der Waals surface area (Å²) in [6, 6.07) is 7.69. The van der Waals surface area contributed by atoms with Gasteiger partial charge in [-0.1, -0.05) is 24.3 Å². The van der Waals surface area contributed by atoms with Crippen LogP contribution >= 0.6 is 0 Å². The molecule has 0 fully saturated rings. The summed E-state index contributed by atoms with van der Waals surface area (Å²) < 4.78 is 21.6. The van der Waals surface area contributed by atoms with E-state index in [4.69, 9.17) is 18.9 Å². The van der Waals surface area contributed by atoms with Crippen LogP contribution < -0.4 is 0 Å². The van der Waals surface area contributed by atoms with Crippen LogP contribution in [0.15, 0.2) is 24.3 Å². The quantitative estimate of drug-likeness (QED) is 0.749. The molecule has 0 saturated heterocycles. The van der Waals surface area contributed by atoms with Crippen molar-refractivity contribution in [1.82, 2.24) is 0 Å². The van der Waals surface area contributed by atoms with Crippen LogP contribution in [0.1, 0.15) is 37.8 Å². The summed E-state index contributed by atoms with van der Waals surface area (Å²) in [5.74, 6) is -2.30. The van der Waals surface area contributed by atoms with Gasteiger partial charge in [-0.05, 0) is 25.0 Å². The zero-order chi connectivity index (χ0) is 16.7. The summed E-state index contributed by atoms with van der Waals surface area (Å²) in [6.07, 6.45) is -0.318. The number of benzene rings is 1. The fraction of sp³-hybridized carbons (Fsp3) is 0.529. The number of carbonyl (C=O) groups excluding carboxylic acids is 2. The summed E-state index contributed by atoms with van der Waals surface area (Å²) in [7, 11) is 0. The topological polar surface area (TPSA) is 71.1 Å². The van der Waals surface area contributed by atoms with E-state index in [9.17, 15) is 9.59 Å². The summed E-state index contributed by atoms with van der Waals surface area (Å²) in [6.45, 7) is 4.48. The summed E-state index contributed by atoms with van der Waals surface area (Å²) in [5.41, 5.74) is 1.95. The number of rotatable bonds is 6. The molecule has 0 saturated carbocycles. The lowest BCUT2D eigenvalue weighted by atomic mass is 10.1. The predicted molar refractivity (Wildman–Crippen MR) is 81.3 cm³/mol. The Labute approximate surface area is 135 Å². The normalized spacial score (nSPS) is 16.1. The number of hydrogen-bond acceptors (Lipinski definition) is 6. The van der Waals surface area contributed by atoms with E-state index < -0.39 is 17.7 Å². The van der Waals surface area contributed by atoms with E-state index in [1.807, 2.05) is 24.3 Å². The minimum atomic E-state index is -1.36. The van der Waals surface area contributed by atoms with Gasteiger partial charge >= 0.3 is 11.9 Å². The maximum atomic E-state index is 11.9. The standard InChI is InChI=1S/C17H22O6/c1-3-20-15(18)9-17(10-16(19)21-4-2)22-11-13-7-5-6-8-14(13)12-23-17/h5-8H,3-4,9-12H2,1-2H3. The Bertz CT molecular complexity index is 505. The lowest BCUT2D eigenvalue weighted by Crippen LogP contribution is -2.40. The van der Waals surface area contributed by atoms with Gasteiger partial charge < -0.3 is 18.9 Å². The minimum absolute atomic E-state index is 0.159. The molecule has 0 radical (unpaired) electrons. The first-order valence-corrected chi connectivity index (χ1v) is 7.74. The highest BCUT2D eigenvalue weighted by molar-refractivity contribution is 5.74.